The third-order valence-electron chi connectivity index (χ3n) is 0.478. The molecule has 0 aromatic heterocycles. The smallest absolute Gasteiger partial charge is 0.171 e. The molecule has 0 aliphatic rings. The molecule has 0 heterocycles. The summed E-state index contributed by atoms with van der Waals surface area (Å²) in [5.41, 5.74) is 0. The highest BCUT2D eigenvalue weighted by atomic mass is 19.1. The highest BCUT2D eigenvalue weighted by molar-refractivity contribution is 5.01. The number of alkyl halides is 1. The van der Waals surface area contributed by atoms with Crippen LogP contribution in [-0.2, 0) is 0 Å². The molecule has 0 aromatic rings. The van der Waals surface area contributed by atoms with Gasteiger partial charge < -0.3 is 0 Å². The predicted octanol–water partition coefficient (Wildman–Crippen LogP) is 0.981. The van der Waals surface area contributed by atoms with Crippen molar-refractivity contribution in [3.05, 3.63) is 0 Å². The second kappa shape index (κ2) is 3.25. The van der Waals surface area contributed by atoms with Crippen molar-refractivity contribution in [2.75, 3.05) is 0 Å². The van der Waals surface area contributed by atoms with E-state index in [-0.39, 0.29) is 6.42 Å². The molecule has 1 unspecified atom stereocenters. The van der Waals surface area contributed by atoms with Crippen LogP contribution in [0.2, 0.25) is 0 Å². The van der Waals surface area contributed by atoms with Gasteiger partial charge in [-0.1, -0.05) is 5.92 Å². The minimum atomic E-state index is -1.26. The second-order valence-electron chi connectivity index (χ2n) is 1.04. The fourth-order valence-electron chi connectivity index (χ4n) is 0.162. The van der Waals surface area contributed by atoms with Crippen LogP contribution < -0.4 is 0 Å². The first-order valence-electron chi connectivity index (χ1n) is 1.85. The number of hydrogen-bond acceptors (Lipinski definition) is 0. The molecular weight excluding hydrogens is 91.1 g/mol. The van der Waals surface area contributed by atoms with Crippen LogP contribution in [0.3, 0.4) is 0 Å². The minimum Gasteiger partial charge on any atom is -0.232 e. The van der Waals surface area contributed by atoms with Crippen LogP contribution in [0.15, 0.2) is 0 Å². The second-order valence-corrected chi connectivity index (χ2v) is 1.04. The molecule has 0 rings (SSSR count). The molecule has 0 aromatic carbocycles. The van der Waals surface area contributed by atoms with E-state index in [1.807, 2.05) is 5.92 Å². The zero-order valence-corrected chi connectivity index (χ0v) is 3.82. The van der Waals surface area contributed by atoms with Gasteiger partial charge in [0.05, 0.1) is 6.42 Å². The molecule has 0 N–H and O–H groups in total. The van der Waals surface area contributed by atoms with Gasteiger partial charge in [-0.05, 0) is 0 Å². The summed E-state index contributed by atoms with van der Waals surface area (Å²) in [7, 11) is 0. The average Bonchev–Trinajstić information content (AvgIpc) is 1.68. The van der Waals surface area contributed by atoms with Crippen molar-refractivity contribution in [3.63, 3.8) is 0 Å². The summed E-state index contributed by atoms with van der Waals surface area (Å²) >= 11 is 0. The van der Waals surface area contributed by atoms with Crippen molar-refractivity contribution >= 4 is 0 Å². The normalized spacial score (nSPS) is 11.3. The first kappa shape index (κ1) is 6.05. The summed E-state index contributed by atoms with van der Waals surface area (Å²) < 4.78 is 11.8. The number of hydrogen-bond donors (Lipinski definition) is 0. The van der Waals surface area contributed by atoms with Gasteiger partial charge in [0, 0.05) is 0 Å². The Labute approximate surface area is 42.7 Å². The van der Waals surface area contributed by atoms with Gasteiger partial charge in [0.1, 0.15) is 0 Å². The summed E-state index contributed by atoms with van der Waals surface area (Å²) in [6, 6.07) is 0. The van der Waals surface area contributed by atoms with E-state index in [1.165, 1.54) is 0 Å². The van der Waals surface area contributed by atoms with Crippen molar-refractivity contribution in [2.24, 2.45) is 0 Å². The van der Waals surface area contributed by atoms with Crippen LogP contribution in [0.4, 0.5) is 4.39 Å². The van der Waals surface area contributed by atoms with Crippen molar-refractivity contribution in [1.82, 2.24) is 0 Å². The molecule has 0 bridgehead atoms. The van der Waals surface area contributed by atoms with Crippen molar-refractivity contribution in [2.45, 2.75) is 12.6 Å². The van der Waals surface area contributed by atoms with Crippen LogP contribution in [-0.4, -0.2) is 6.17 Å². The summed E-state index contributed by atoms with van der Waals surface area (Å²) in [5, 5.41) is 0. The molecular formula is C6H5F. The minimum absolute atomic E-state index is 0.0243. The van der Waals surface area contributed by atoms with Crippen LogP contribution in [0.25, 0.3) is 0 Å². The molecule has 7 heavy (non-hydrogen) atoms. The Morgan fingerprint density at radius 1 is 1.57 bits per heavy atom. The highest BCUT2D eigenvalue weighted by Crippen LogP contribution is 1.90. The Morgan fingerprint density at radius 2 is 2.14 bits per heavy atom. The molecule has 0 saturated heterocycles. The van der Waals surface area contributed by atoms with E-state index in [9.17, 15) is 4.39 Å². The number of terminal acetylenes is 2. The third-order valence-corrected chi connectivity index (χ3v) is 0.478. The van der Waals surface area contributed by atoms with Gasteiger partial charge in [-0.15, -0.1) is 18.8 Å². The van der Waals surface area contributed by atoms with Gasteiger partial charge in [0.15, 0.2) is 6.17 Å². The zero-order valence-electron chi connectivity index (χ0n) is 3.82. The van der Waals surface area contributed by atoms with E-state index < -0.39 is 6.17 Å². The lowest BCUT2D eigenvalue weighted by atomic mass is 10.3. The van der Waals surface area contributed by atoms with E-state index in [0.717, 1.165) is 0 Å². The molecule has 0 aliphatic heterocycles. The van der Waals surface area contributed by atoms with Crippen molar-refractivity contribution in [3.8, 4) is 24.7 Å². The molecule has 0 spiro atoms. The lowest BCUT2D eigenvalue weighted by molar-refractivity contribution is 0.421. The Morgan fingerprint density at radius 3 is 2.29 bits per heavy atom. The Hall–Kier alpha value is -0.950. The fourth-order valence-corrected chi connectivity index (χ4v) is 0.162. The quantitative estimate of drug-likeness (QED) is 0.427. The van der Waals surface area contributed by atoms with Gasteiger partial charge in [-0.25, -0.2) is 4.39 Å². The third kappa shape index (κ3) is 2.86. The van der Waals surface area contributed by atoms with Gasteiger partial charge >= 0.3 is 0 Å². The summed E-state index contributed by atoms with van der Waals surface area (Å²) in [6.45, 7) is 0. The summed E-state index contributed by atoms with van der Waals surface area (Å²) in [4.78, 5) is 0. The maximum absolute atomic E-state index is 11.8. The molecule has 0 saturated carbocycles. The molecule has 0 fully saturated rings. The Kier molecular flexibility index (Phi) is 2.81. The first-order chi connectivity index (χ1) is 3.31. The largest absolute Gasteiger partial charge is 0.232 e. The van der Waals surface area contributed by atoms with E-state index in [0.29, 0.717) is 0 Å². The van der Waals surface area contributed by atoms with Gasteiger partial charge in [-0.2, -0.15) is 0 Å². The van der Waals surface area contributed by atoms with E-state index in [2.05, 4.69) is 12.3 Å². The Bertz CT molecular complexity index is 113. The molecule has 1 atom stereocenters. The Balaban J connectivity index is 3.27. The molecule has 36 valence electrons. The summed E-state index contributed by atoms with van der Waals surface area (Å²) in [6.07, 6.45) is 8.12. The first-order valence-corrected chi connectivity index (χ1v) is 1.85. The van der Waals surface area contributed by atoms with Crippen LogP contribution in [0.1, 0.15) is 6.42 Å². The van der Waals surface area contributed by atoms with Crippen molar-refractivity contribution in [1.29, 1.82) is 0 Å². The van der Waals surface area contributed by atoms with Crippen LogP contribution >= 0.6 is 0 Å². The molecule has 0 nitrogen and oxygen atoms in total. The van der Waals surface area contributed by atoms with Crippen molar-refractivity contribution < 1.29 is 4.39 Å². The average molecular weight is 96.1 g/mol. The topological polar surface area (TPSA) is 0 Å². The lowest BCUT2D eigenvalue weighted by Crippen LogP contribution is -1.90. The lowest BCUT2D eigenvalue weighted by Gasteiger charge is -1.86. The molecule has 0 amide bonds. The monoisotopic (exact) mass is 96.0 g/mol. The molecule has 0 radical (unpaired) electrons. The van der Waals surface area contributed by atoms with Gasteiger partial charge in [0.25, 0.3) is 0 Å². The van der Waals surface area contributed by atoms with E-state index in [1.54, 1.807) is 0 Å². The van der Waals surface area contributed by atoms with E-state index >= 15 is 0 Å². The predicted molar refractivity (Wildman–Crippen MR) is 27.2 cm³/mol. The number of rotatable bonds is 1. The maximum Gasteiger partial charge on any atom is 0.171 e. The van der Waals surface area contributed by atoms with Crippen LogP contribution in [0.5, 0.6) is 0 Å². The van der Waals surface area contributed by atoms with Crippen LogP contribution in [0, 0.1) is 24.7 Å². The standard InChI is InChI=1S/C6H5F/c1-3-5-6(7)4-2/h1-2,6H,5H2. The zero-order chi connectivity index (χ0) is 5.70. The van der Waals surface area contributed by atoms with Gasteiger partial charge in [-0.3, -0.25) is 0 Å². The molecule has 0 aliphatic carbocycles. The highest BCUT2D eigenvalue weighted by Gasteiger charge is 1.93. The molecule has 1 heteroatoms. The van der Waals surface area contributed by atoms with E-state index in [4.69, 9.17) is 6.42 Å². The summed E-state index contributed by atoms with van der Waals surface area (Å²) in [5.74, 6) is 3.96. The SMILES string of the molecule is C#CCC(F)C#C. The number of halogens is 1. The fraction of sp³-hybridized carbons (Fsp3) is 0.333. The maximum atomic E-state index is 11.8. The van der Waals surface area contributed by atoms with Gasteiger partial charge in [0.2, 0.25) is 0 Å².